The lowest BCUT2D eigenvalue weighted by Crippen LogP contribution is -2.01. The fraction of sp³-hybridized carbons (Fsp3) is 0.222. The number of fused-ring (bicyclic) bond motifs is 1. The Bertz CT molecular complexity index is 306. The van der Waals surface area contributed by atoms with Gasteiger partial charge in [-0.2, -0.15) is 0 Å². The van der Waals surface area contributed by atoms with Crippen molar-refractivity contribution in [2.75, 3.05) is 12.0 Å². The number of rotatable bonds is 0. The van der Waals surface area contributed by atoms with Crippen LogP contribution in [0.3, 0.4) is 0 Å². The Kier molecular flexibility index (Phi) is 1.50. The average molecular weight is 165 g/mol. The van der Waals surface area contributed by atoms with E-state index in [0.717, 1.165) is 11.3 Å². The summed E-state index contributed by atoms with van der Waals surface area (Å²) in [5.41, 5.74) is 0.943. The van der Waals surface area contributed by atoms with Gasteiger partial charge in [-0.15, -0.1) is 0 Å². The summed E-state index contributed by atoms with van der Waals surface area (Å²) in [6, 6.07) is 7.91. The van der Waals surface area contributed by atoms with Crippen molar-refractivity contribution in [2.45, 2.75) is 4.90 Å². The Balaban J connectivity index is 2.60. The van der Waals surface area contributed by atoms with Gasteiger partial charge >= 0.3 is 0 Å². The number of carbonyl (C=O) groups is 1. The van der Waals surface area contributed by atoms with Crippen molar-refractivity contribution < 1.29 is 4.79 Å². The van der Waals surface area contributed by atoms with Gasteiger partial charge in [-0.1, -0.05) is 12.1 Å². The van der Waals surface area contributed by atoms with Gasteiger partial charge in [0.1, 0.15) is 6.26 Å². The van der Waals surface area contributed by atoms with Crippen LogP contribution in [0.25, 0.3) is 0 Å². The molecule has 1 aliphatic rings. The van der Waals surface area contributed by atoms with Crippen LogP contribution in [0.2, 0.25) is 0 Å². The fourth-order valence-corrected chi connectivity index (χ4v) is 2.93. The van der Waals surface area contributed by atoms with Crippen LogP contribution in [0.1, 0.15) is 10.4 Å². The first kappa shape index (κ1) is 6.92. The number of benzene rings is 1. The van der Waals surface area contributed by atoms with Crippen LogP contribution in [0, 0.1) is 0 Å². The zero-order chi connectivity index (χ0) is 7.84. The van der Waals surface area contributed by atoms with E-state index in [0.29, 0.717) is 5.78 Å². The van der Waals surface area contributed by atoms with E-state index in [1.165, 1.54) is 4.90 Å². The molecule has 1 aromatic rings. The molecule has 0 aromatic heterocycles. The van der Waals surface area contributed by atoms with Gasteiger partial charge in [-0.05, 0) is 12.1 Å². The normalized spacial score (nSPS) is 21.9. The minimum Gasteiger partial charge on any atom is -0.289 e. The maximum atomic E-state index is 11.3. The average Bonchev–Trinajstić information content (AvgIpc) is 2.30. The van der Waals surface area contributed by atoms with Gasteiger partial charge in [-0.25, -0.2) is 0 Å². The van der Waals surface area contributed by atoms with Crippen molar-refractivity contribution in [3.63, 3.8) is 0 Å². The molecule has 0 amide bonds. The van der Waals surface area contributed by atoms with Gasteiger partial charge in [0.15, 0.2) is 10.6 Å². The van der Waals surface area contributed by atoms with Gasteiger partial charge in [0.25, 0.3) is 0 Å². The highest BCUT2D eigenvalue weighted by Crippen LogP contribution is 2.24. The van der Waals surface area contributed by atoms with E-state index >= 15 is 0 Å². The molecule has 0 bridgehead atoms. The third kappa shape index (κ3) is 0.979. The van der Waals surface area contributed by atoms with Gasteiger partial charge in [0.05, 0.1) is 5.56 Å². The van der Waals surface area contributed by atoms with Crippen molar-refractivity contribution in [3.05, 3.63) is 29.8 Å². The third-order valence-corrected chi connectivity index (χ3v) is 3.71. The SMILES string of the molecule is C[S+]1CC(=O)c2ccccc21. The van der Waals surface area contributed by atoms with Crippen LogP contribution in [0.15, 0.2) is 29.2 Å². The summed E-state index contributed by atoms with van der Waals surface area (Å²) in [7, 11) is 0.173. The molecule has 0 fully saturated rings. The summed E-state index contributed by atoms with van der Waals surface area (Å²) in [6.45, 7) is 0. The Morgan fingerprint density at radius 2 is 2.09 bits per heavy atom. The maximum Gasteiger partial charge on any atom is 0.217 e. The number of carbonyl (C=O) groups excluding carboxylic acids is 1. The molecule has 0 aliphatic carbocycles. The van der Waals surface area contributed by atoms with E-state index in [1.807, 2.05) is 18.2 Å². The second-order valence-electron chi connectivity index (χ2n) is 2.70. The molecule has 0 N–H and O–H groups in total. The molecule has 1 heterocycles. The molecule has 1 atom stereocenters. The first-order valence-corrected chi connectivity index (χ1v) is 5.34. The second kappa shape index (κ2) is 2.38. The fourth-order valence-electron chi connectivity index (χ4n) is 1.35. The Morgan fingerprint density at radius 1 is 1.36 bits per heavy atom. The monoisotopic (exact) mass is 165 g/mol. The van der Waals surface area contributed by atoms with Crippen LogP contribution in [0.4, 0.5) is 0 Å². The first-order chi connectivity index (χ1) is 5.29. The minimum absolute atomic E-state index is 0.173. The summed E-state index contributed by atoms with van der Waals surface area (Å²) in [6.07, 6.45) is 2.13. The molecular formula is C9H9OS+. The molecule has 0 saturated carbocycles. The molecule has 2 heteroatoms. The smallest absolute Gasteiger partial charge is 0.217 e. The van der Waals surface area contributed by atoms with E-state index in [-0.39, 0.29) is 10.9 Å². The Morgan fingerprint density at radius 3 is 2.82 bits per heavy atom. The van der Waals surface area contributed by atoms with Gasteiger partial charge in [0.2, 0.25) is 5.78 Å². The highest BCUT2D eigenvalue weighted by atomic mass is 32.2. The zero-order valence-electron chi connectivity index (χ0n) is 6.33. The number of Topliss-reactive ketones (excluding diaryl/α,β-unsaturated/α-hetero) is 1. The molecule has 56 valence electrons. The molecule has 0 saturated heterocycles. The predicted octanol–water partition coefficient (Wildman–Crippen LogP) is 1.49. The highest BCUT2D eigenvalue weighted by Gasteiger charge is 2.34. The second-order valence-corrected chi connectivity index (χ2v) is 4.70. The molecule has 0 radical (unpaired) electrons. The van der Waals surface area contributed by atoms with Crippen molar-refractivity contribution in [3.8, 4) is 0 Å². The lowest BCUT2D eigenvalue weighted by atomic mass is 10.2. The molecule has 1 unspecified atom stereocenters. The number of ketones is 1. The van der Waals surface area contributed by atoms with E-state index < -0.39 is 0 Å². The number of hydrogen-bond donors (Lipinski definition) is 0. The van der Waals surface area contributed by atoms with Gasteiger partial charge in [0, 0.05) is 10.9 Å². The standard InChI is InChI=1S/C9H9OS/c1-11-6-8(10)7-4-2-3-5-9(7)11/h2-5H,6H2,1H3/q+1. The molecule has 0 spiro atoms. The van der Waals surface area contributed by atoms with Crippen molar-refractivity contribution in [2.24, 2.45) is 0 Å². The molecular weight excluding hydrogens is 156 g/mol. The van der Waals surface area contributed by atoms with E-state index in [9.17, 15) is 4.79 Å². The maximum absolute atomic E-state index is 11.3. The summed E-state index contributed by atoms with van der Waals surface area (Å²) in [4.78, 5) is 12.5. The van der Waals surface area contributed by atoms with Crippen LogP contribution >= 0.6 is 0 Å². The van der Waals surface area contributed by atoms with Gasteiger partial charge < -0.3 is 0 Å². The predicted molar refractivity (Wildman–Crippen MR) is 47.2 cm³/mol. The van der Waals surface area contributed by atoms with Crippen LogP contribution in [-0.2, 0) is 10.9 Å². The first-order valence-electron chi connectivity index (χ1n) is 3.54. The molecule has 1 aliphatic heterocycles. The highest BCUT2D eigenvalue weighted by molar-refractivity contribution is 7.97. The quantitative estimate of drug-likeness (QED) is 0.532. The summed E-state index contributed by atoms with van der Waals surface area (Å²) < 4.78 is 0. The van der Waals surface area contributed by atoms with Crippen molar-refractivity contribution >= 4 is 16.7 Å². The van der Waals surface area contributed by atoms with Crippen molar-refractivity contribution in [1.29, 1.82) is 0 Å². The van der Waals surface area contributed by atoms with Gasteiger partial charge in [-0.3, -0.25) is 4.79 Å². The molecule has 1 aromatic carbocycles. The molecule has 11 heavy (non-hydrogen) atoms. The van der Waals surface area contributed by atoms with Crippen LogP contribution < -0.4 is 0 Å². The lowest BCUT2D eigenvalue weighted by Gasteiger charge is -1.90. The van der Waals surface area contributed by atoms with E-state index in [2.05, 4.69) is 12.3 Å². The van der Waals surface area contributed by atoms with E-state index in [4.69, 9.17) is 0 Å². The van der Waals surface area contributed by atoms with E-state index in [1.54, 1.807) is 0 Å². The summed E-state index contributed by atoms with van der Waals surface area (Å²) >= 11 is 0. The number of hydrogen-bond acceptors (Lipinski definition) is 1. The zero-order valence-corrected chi connectivity index (χ0v) is 7.15. The minimum atomic E-state index is 0.173. The van der Waals surface area contributed by atoms with Crippen LogP contribution in [0.5, 0.6) is 0 Å². The lowest BCUT2D eigenvalue weighted by molar-refractivity contribution is 0.102. The van der Waals surface area contributed by atoms with Crippen LogP contribution in [-0.4, -0.2) is 17.8 Å². The Labute approximate surface area is 68.8 Å². The van der Waals surface area contributed by atoms with Crippen molar-refractivity contribution in [1.82, 2.24) is 0 Å². The largest absolute Gasteiger partial charge is 0.289 e. The summed E-state index contributed by atoms with van der Waals surface area (Å²) in [5, 5.41) is 0. The molecule has 2 rings (SSSR count). The molecule has 1 nitrogen and oxygen atoms in total. The topological polar surface area (TPSA) is 17.1 Å². The third-order valence-electron chi connectivity index (χ3n) is 1.91. The summed E-state index contributed by atoms with van der Waals surface area (Å²) in [5.74, 6) is 1.03. The Hall–Kier alpha value is -0.760.